The lowest BCUT2D eigenvalue weighted by molar-refractivity contribution is -0.128. The van der Waals surface area contributed by atoms with E-state index in [4.69, 9.17) is 0 Å². The van der Waals surface area contributed by atoms with Crippen molar-refractivity contribution >= 4 is 5.78 Å². The molecule has 0 aromatic carbocycles. The zero-order valence-electron chi connectivity index (χ0n) is 8.20. The largest absolute Gasteiger partial charge is 0.299 e. The summed E-state index contributed by atoms with van der Waals surface area (Å²) in [5, 5.41) is 0. The Morgan fingerprint density at radius 3 is 3.08 bits per heavy atom. The first-order valence-electron chi connectivity index (χ1n) is 5.09. The van der Waals surface area contributed by atoms with Crippen LogP contribution in [0.5, 0.6) is 0 Å². The van der Waals surface area contributed by atoms with E-state index in [1.54, 1.807) is 0 Å². The number of rotatable bonds is 2. The molecule has 2 aliphatic rings. The predicted molar refractivity (Wildman–Crippen MR) is 52.5 cm³/mol. The number of carbonyl (C=O) groups excluding carboxylic acids is 1. The molecule has 2 aliphatic heterocycles. The lowest BCUT2D eigenvalue weighted by Gasteiger charge is -2.36. The average Bonchev–Trinajstić information content (AvgIpc) is 2.34. The Kier molecular flexibility index (Phi) is 2.24. The van der Waals surface area contributed by atoms with Crippen LogP contribution >= 0.6 is 0 Å². The van der Waals surface area contributed by atoms with Crippen LogP contribution in [0.25, 0.3) is 0 Å². The van der Waals surface area contributed by atoms with E-state index in [1.807, 2.05) is 6.08 Å². The monoisotopic (exact) mass is 179 g/mol. The highest BCUT2D eigenvalue weighted by molar-refractivity contribution is 5.83. The molecule has 0 amide bonds. The fourth-order valence-electron chi connectivity index (χ4n) is 2.84. The summed E-state index contributed by atoms with van der Waals surface area (Å²) >= 11 is 0. The highest BCUT2D eigenvalue weighted by atomic mass is 16.1. The summed E-state index contributed by atoms with van der Waals surface area (Å²) in [5.74, 6) is 0.701. The molecule has 2 saturated heterocycles. The van der Waals surface area contributed by atoms with Gasteiger partial charge in [-0.25, -0.2) is 0 Å². The zero-order chi connectivity index (χ0) is 9.42. The van der Waals surface area contributed by atoms with Gasteiger partial charge in [-0.2, -0.15) is 0 Å². The van der Waals surface area contributed by atoms with Crippen LogP contribution in [0.3, 0.4) is 0 Å². The third-order valence-electron chi connectivity index (χ3n) is 3.63. The Bertz CT molecular complexity index is 236. The minimum absolute atomic E-state index is 0.237. The van der Waals surface area contributed by atoms with E-state index in [1.165, 1.54) is 12.8 Å². The fourth-order valence-corrected chi connectivity index (χ4v) is 2.84. The van der Waals surface area contributed by atoms with E-state index < -0.39 is 0 Å². The topological polar surface area (TPSA) is 20.3 Å². The summed E-state index contributed by atoms with van der Waals surface area (Å²) in [7, 11) is 2.16. The Labute approximate surface area is 79.6 Å². The van der Waals surface area contributed by atoms with Crippen LogP contribution in [0.4, 0.5) is 0 Å². The smallest absolute Gasteiger partial charge is 0.139 e. The van der Waals surface area contributed by atoms with Crippen molar-refractivity contribution in [1.29, 1.82) is 0 Å². The molecule has 0 radical (unpaired) electrons. The standard InChI is InChI=1S/C11H17NO/c1-3-4-9-10-6-5-8(12(10)2)7-11(9)13/h3,8-10H,1,4-7H2,2H3/t8?,9-,10-/m0/s1. The van der Waals surface area contributed by atoms with Gasteiger partial charge in [0.05, 0.1) is 0 Å². The predicted octanol–water partition coefficient (Wildman–Crippen LogP) is 1.61. The maximum atomic E-state index is 11.7. The van der Waals surface area contributed by atoms with Crippen LogP contribution in [-0.2, 0) is 4.79 Å². The normalized spacial score (nSPS) is 39.5. The molecule has 13 heavy (non-hydrogen) atoms. The van der Waals surface area contributed by atoms with Crippen molar-refractivity contribution in [1.82, 2.24) is 4.90 Å². The number of carbonyl (C=O) groups is 1. The van der Waals surface area contributed by atoms with Crippen LogP contribution in [0.15, 0.2) is 12.7 Å². The molecule has 2 fully saturated rings. The molecule has 0 aliphatic carbocycles. The third kappa shape index (κ3) is 1.33. The first-order chi connectivity index (χ1) is 6.24. The number of ketones is 1. The summed E-state index contributed by atoms with van der Waals surface area (Å²) in [6.07, 6.45) is 5.92. The zero-order valence-corrected chi connectivity index (χ0v) is 8.20. The van der Waals surface area contributed by atoms with Crippen LogP contribution in [0.2, 0.25) is 0 Å². The lowest BCUT2D eigenvalue weighted by Crippen LogP contribution is -2.46. The van der Waals surface area contributed by atoms with Gasteiger partial charge in [-0.1, -0.05) is 6.08 Å². The minimum atomic E-state index is 0.237. The van der Waals surface area contributed by atoms with Gasteiger partial charge in [0.25, 0.3) is 0 Å². The summed E-state index contributed by atoms with van der Waals surface area (Å²) < 4.78 is 0. The maximum absolute atomic E-state index is 11.7. The number of allylic oxidation sites excluding steroid dienone is 1. The Morgan fingerprint density at radius 1 is 1.62 bits per heavy atom. The van der Waals surface area contributed by atoms with Gasteiger partial charge < -0.3 is 0 Å². The molecule has 2 nitrogen and oxygen atoms in total. The quantitative estimate of drug-likeness (QED) is 0.600. The van der Waals surface area contributed by atoms with E-state index in [0.29, 0.717) is 17.9 Å². The van der Waals surface area contributed by atoms with E-state index in [9.17, 15) is 4.79 Å². The van der Waals surface area contributed by atoms with Gasteiger partial charge in [0.1, 0.15) is 5.78 Å². The molecule has 2 rings (SSSR count). The Morgan fingerprint density at radius 2 is 2.38 bits per heavy atom. The number of fused-ring (bicyclic) bond motifs is 2. The van der Waals surface area contributed by atoms with Gasteiger partial charge in [0.15, 0.2) is 0 Å². The molecule has 2 heterocycles. The molecule has 0 spiro atoms. The first kappa shape index (κ1) is 8.95. The van der Waals surface area contributed by atoms with Crippen LogP contribution in [-0.4, -0.2) is 29.8 Å². The van der Waals surface area contributed by atoms with E-state index in [2.05, 4.69) is 18.5 Å². The van der Waals surface area contributed by atoms with Gasteiger partial charge in [0, 0.05) is 24.4 Å². The van der Waals surface area contributed by atoms with Crippen molar-refractivity contribution in [2.24, 2.45) is 5.92 Å². The number of hydrogen-bond acceptors (Lipinski definition) is 2. The van der Waals surface area contributed by atoms with Crippen molar-refractivity contribution in [3.63, 3.8) is 0 Å². The summed E-state index contributed by atoms with van der Waals surface area (Å²) in [6, 6.07) is 1.04. The van der Waals surface area contributed by atoms with E-state index >= 15 is 0 Å². The van der Waals surface area contributed by atoms with Gasteiger partial charge in [0.2, 0.25) is 0 Å². The second kappa shape index (κ2) is 3.26. The highest BCUT2D eigenvalue weighted by Crippen LogP contribution is 2.37. The van der Waals surface area contributed by atoms with Crippen molar-refractivity contribution in [3.05, 3.63) is 12.7 Å². The van der Waals surface area contributed by atoms with Crippen molar-refractivity contribution in [2.45, 2.75) is 37.8 Å². The summed E-state index contributed by atoms with van der Waals surface area (Å²) in [6.45, 7) is 3.73. The summed E-state index contributed by atoms with van der Waals surface area (Å²) in [5.41, 5.74) is 0. The number of nitrogens with zero attached hydrogens (tertiary/aromatic N) is 1. The van der Waals surface area contributed by atoms with Crippen molar-refractivity contribution in [3.8, 4) is 0 Å². The van der Waals surface area contributed by atoms with Crippen LogP contribution < -0.4 is 0 Å². The Balaban J connectivity index is 2.16. The second-order valence-corrected chi connectivity index (χ2v) is 4.27. The van der Waals surface area contributed by atoms with Gasteiger partial charge in [-0.3, -0.25) is 9.69 Å². The molecule has 3 atom stereocenters. The number of hydrogen-bond donors (Lipinski definition) is 0. The Hall–Kier alpha value is -0.630. The number of Topliss-reactive ketones (excluding diaryl/α,β-unsaturated/α-hetero) is 1. The second-order valence-electron chi connectivity index (χ2n) is 4.27. The molecule has 0 N–H and O–H groups in total. The molecule has 0 saturated carbocycles. The molecule has 2 bridgehead atoms. The van der Waals surface area contributed by atoms with Crippen molar-refractivity contribution < 1.29 is 4.79 Å². The van der Waals surface area contributed by atoms with Gasteiger partial charge in [-0.05, 0) is 26.3 Å². The third-order valence-corrected chi connectivity index (χ3v) is 3.63. The lowest BCUT2D eigenvalue weighted by atomic mass is 9.87. The SMILES string of the molecule is C=CC[C@@H]1C(=O)CC2CC[C@@H]1N2C. The van der Waals surface area contributed by atoms with Gasteiger partial charge >= 0.3 is 0 Å². The van der Waals surface area contributed by atoms with Crippen LogP contribution in [0, 0.1) is 5.92 Å². The molecule has 2 heteroatoms. The number of piperidine rings is 1. The van der Waals surface area contributed by atoms with Gasteiger partial charge in [-0.15, -0.1) is 6.58 Å². The van der Waals surface area contributed by atoms with Crippen LogP contribution in [0.1, 0.15) is 25.7 Å². The van der Waals surface area contributed by atoms with E-state index in [-0.39, 0.29) is 5.92 Å². The molecule has 1 unspecified atom stereocenters. The minimum Gasteiger partial charge on any atom is -0.299 e. The molecule has 0 aromatic rings. The molecular formula is C11H17NO. The molecule has 0 aromatic heterocycles. The van der Waals surface area contributed by atoms with E-state index in [0.717, 1.165) is 12.8 Å². The molecule has 72 valence electrons. The fraction of sp³-hybridized carbons (Fsp3) is 0.727. The summed E-state index contributed by atoms with van der Waals surface area (Å²) in [4.78, 5) is 14.1. The molecular weight excluding hydrogens is 162 g/mol. The van der Waals surface area contributed by atoms with Crippen molar-refractivity contribution in [2.75, 3.05) is 7.05 Å². The average molecular weight is 179 g/mol. The highest BCUT2D eigenvalue weighted by Gasteiger charge is 2.43. The first-order valence-corrected chi connectivity index (χ1v) is 5.09. The maximum Gasteiger partial charge on any atom is 0.139 e.